The maximum Gasteiger partial charge on any atom is 0.0702 e. The molecule has 0 aliphatic carbocycles. The van der Waals surface area contributed by atoms with Gasteiger partial charge >= 0.3 is 0 Å². The highest BCUT2D eigenvalue weighted by atomic mass is 15.0. The van der Waals surface area contributed by atoms with E-state index in [2.05, 4.69) is 135 Å². The van der Waals surface area contributed by atoms with Crippen LogP contribution in [0.15, 0.2) is 109 Å². The Labute approximate surface area is 192 Å². The first-order valence-corrected chi connectivity index (χ1v) is 11.6. The van der Waals surface area contributed by atoms with Crippen molar-refractivity contribution in [2.75, 3.05) is 5.32 Å². The predicted octanol–water partition coefficient (Wildman–Crippen LogP) is 7.77. The van der Waals surface area contributed by atoms with E-state index in [9.17, 15) is 0 Å². The number of hydrogen-bond acceptors (Lipinski definition) is 1. The van der Waals surface area contributed by atoms with E-state index in [0.29, 0.717) is 5.92 Å². The summed E-state index contributed by atoms with van der Waals surface area (Å²) in [6.45, 7) is 6.95. The Hall–Kier alpha value is -3.32. The Morgan fingerprint density at radius 3 is 1.59 bits per heavy atom. The highest BCUT2D eigenvalue weighted by molar-refractivity contribution is 5.66. The fourth-order valence-corrected chi connectivity index (χ4v) is 5.68. The van der Waals surface area contributed by atoms with Crippen LogP contribution in [0.1, 0.15) is 60.9 Å². The van der Waals surface area contributed by atoms with Gasteiger partial charge in [0.25, 0.3) is 0 Å². The normalized spacial score (nSPS) is 17.3. The molecular weight excluding hydrogens is 386 g/mol. The lowest BCUT2D eigenvalue weighted by molar-refractivity contribution is 0.454. The molecule has 1 heterocycles. The van der Waals surface area contributed by atoms with E-state index in [4.69, 9.17) is 0 Å². The van der Waals surface area contributed by atoms with Gasteiger partial charge in [0.15, 0.2) is 0 Å². The van der Waals surface area contributed by atoms with Gasteiger partial charge in [-0.25, -0.2) is 0 Å². The summed E-state index contributed by atoms with van der Waals surface area (Å²) < 4.78 is 0. The van der Waals surface area contributed by atoms with Gasteiger partial charge in [-0.1, -0.05) is 110 Å². The molecule has 0 radical (unpaired) electrons. The maximum atomic E-state index is 3.83. The summed E-state index contributed by atoms with van der Waals surface area (Å²) in [6, 6.07) is 39.9. The first-order valence-electron chi connectivity index (χ1n) is 11.6. The molecule has 160 valence electrons. The van der Waals surface area contributed by atoms with Crippen LogP contribution >= 0.6 is 0 Å². The van der Waals surface area contributed by atoms with Crippen molar-refractivity contribution in [1.29, 1.82) is 0 Å². The number of rotatable bonds is 4. The molecule has 1 nitrogen and oxygen atoms in total. The molecule has 0 aromatic heterocycles. The van der Waals surface area contributed by atoms with Gasteiger partial charge in [0.1, 0.15) is 0 Å². The quantitative estimate of drug-likeness (QED) is 0.334. The smallest absolute Gasteiger partial charge is 0.0702 e. The lowest BCUT2D eigenvalue weighted by Crippen LogP contribution is -2.37. The summed E-state index contributed by atoms with van der Waals surface area (Å²) in [7, 11) is 0. The molecule has 0 saturated carbocycles. The van der Waals surface area contributed by atoms with Gasteiger partial charge in [0, 0.05) is 11.2 Å². The Kier molecular flexibility index (Phi) is 5.13. The third-order valence-electron chi connectivity index (χ3n) is 6.93. The number of fused-ring (bicyclic) bond motifs is 1. The average Bonchev–Trinajstić information content (AvgIpc) is 2.81. The summed E-state index contributed by atoms with van der Waals surface area (Å²) in [4.78, 5) is 0. The fraction of sp³-hybridized carbons (Fsp3) is 0.226. The Bertz CT molecular complexity index is 1100. The minimum atomic E-state index is -0.398. The molecule has 4 aromatic rings. The molecule has 5 rings (SSSR count). The Morgan fingerprint density at radius 1 is 0.656 bits per heavy atom. The highest BCUT2D eigenvalue weighted by Gasteiger charge is 2.39. The second-order valence-electron chi connectivity index (χ2n) is 9.76. The summed E-state index contributed by atoms with van der Waals surface area (Å²) >= 11 is 0. The zero-order valence-corrected chi connectivity index (χ0v) is 19.2. The molecular formula is C31H31N. The average molecular weight is 418 g/mol. The van der Waals surface area contributed by atoms with Crippen molar-refractivity contribution in [3.8, 4) is 0 Å². The van der Waals surface area contributed by atoms with Gasteiger partial charge < -0.3 is 5.32 Å². The zero-order valence-electron chi connectivity index (χ0n) is 19.2. The fourth-order valence-electron chi connectivity index (χ4n) is 5.68. The lowest BCUT2D eigenvalue weighted by Gasteiger charge is -2.41. The molecule has 1 aliphatic heterocycles. The van der Waals surface area contributed by atoms with E-state index in [0.717, 1.165) is 6.42 Å². The second kappa shape index (κ2) is 7.98. The van der Waals surface area contributed by atoms with Crippen molar-refractivity contribution in [3.05, 3.63) is 137 Å². The topological polar surface area (TPSA) is 12.0 Å². The van der Waals surface area contributed by atoms with Crippen molar-refractivity contribution in [3.63, 3.8) is 0 Å². The summed E-state index contributed by atoms with van der Waals surface area (Å²) in [5.41, 5.74) is 7.49. The molecule has 1 unspecified atom stereocenters. The van der Waals surface area contributed by atoms with Crippen LogP contribution in [0.3, 0.4) is 0 Å². The summed E-state index contributed by atoms with van der Waals surface area (Å²) in [6.07, 6.45) is 1.14. The van der Waals surface area contributed by atoms with Gasteiger partial charge in [-0.15, -0.1) is 0 Å². The molecule has 0 saturated heterocycles. The van der Waals surface area contributed by atoms with Crippen LogP contribution in [0.2, 0.25) is 0 Å². The SMILES string of the molecule is CC1CC(C)(C)Nc2cc(C(c3ccccc3)(c3ccccc3)c3ccccc3)ccc21. The van der Waals surface area contributed by atoms with E-state index < -0.39 is 5.41 Å². The molecule has 1 N–H and O–H groups in total. The van der Waals surface area contributed by atoms with Crippen LogP contribution in [0.25, 0.3) is 0 Å². The van der Waals surface area contributed by atoms with Crippen molar-refractivity contribution in [2.24, 2.45) is 0 Å². The van der Waals surface area contributed by atoms with E-state index in [1.165, 1.54) is 33.5 Å². The Balaban J connectivity index is 1.84. The molecule has 1 heteroatoms. The van der Waals surface area contributed by atoms with Crippen LogP contribution in [-0.2, 0) is 5.41 Å². The van der Waals surface area contributed by atoms with E-state index in [-0.39, 0.29) is 5.54 Å². The van der Waals surface area contributed by atoms with Crippen molar-refractivity contribution in [1.82, 2.24) is 0 Å². The van der Waals surface area contributed by atoms with E-state index in [1.54, 1.807) is 0 Å². The largest absolute Gasteiger partial charge is 0.380 e. The molecule has 1 atom stereocenters. The van der Waals surface area contributed by atoms with Gasteiger partial charge in [-0.3, -0.25) is 0 Å². The number of nitrogens with one attached hydrogen (secondary N) is 1. The summed E-state index contributed by atoms with van der Waals surface area (Å²) in [5, 5.41) is 3.83. The highest BCUT2D eigenvalue weighted by Crippen LogP contribution is 2.48. The molecule has 0 bridgehead atoms. The van der Waals surface area contributed by atoms with E-state index >= 15 is 0 Å². The van der Waals surface area contributed by atoms with Gasteiger partial charge in [-0.2, -0.15) is 0 Å². The summed E-state index contributed by atoms with van der Waals surface area (Å²) in [5.74, 6) is 0.537. The minimum absolute atomic E-state index is 0.0833. The minimum Gasteiger partial charge on any atom is -0.380 e. The molecule has 4 aromatic carbocycles. The molecule has 0 spiro atoms. The zero-order chi connectivity index (χ0) is 22.2. The van der Waals surface area contributed by atoms with E-state index in [1.807, 2.05) is 0 Å². The van der Waals surface area contributed by atoms with Crippen LogP contribution in [0, 0.1) is 0 Å². The molecule has 0 amide bonds. The lowest BCUT2D eigenvalue weighted by atomic mass is 9.64. The number of hydrogen-bond donors (Lipinski definition) is 1. The maximum absolute atomic E-state index is 3.83. The van der Waals surface area contributed by atoms with Gasteiger partial charge in [0.2, 0.25) is 0 Å². The third kappa shape index (κ3) is 3.42. The van der Waals surface area contributed by atoms with Crippen LogP contribution in [0.4, 0.5) is 5.69 Å². The van der Waals surface area contributed by atoms with Gasteiger partial charge in [0.05, 0.1) is 5.41 Å². The van der Waals surface area contributed by atoms with Crippen molar-refractivity contribution >= 4 is 5.69 Å². The van der Waals surface area contributed by atoms with Gasteiger partial charge in [-0.05, 0) is 60.1 Å². The standard InChI is InChI=1S/C31H31N/c1-23-22-30(2,3)32-29-21-27(19-20-28(23)29)31(24-13-7-4-8-14-24,25-15-9-5-10-16-25)26-17-11-6-12-18-26/h4-21,23,32H,22H2,1-3H3. The Morgan fingerprint density at radius 2 is 1.12 bits per heavy atom. The van der Waals surface area contributed by atoms with Crippen molar-refractivity contribution in [2.45, 2.75) is 44.1 Å². The third-order valence-corrected chi connectivity index (χ3v) is 6.93. The molecule has 0 fully saturated rings. The number of anilines is 1. The van der Waals surface area contributed by atoms with Crippen LogP contribution < -0.4 is 5.32 Å². The monoisotopic (exact) mass is 417 g/mol. The molecule has 1 aliphatic rings. The van der Waals surface area contributed by atoms with Crippen LogP contribution in [0.5, 0.6) is 0 Å². The van der Waals surface area contributed by atoms with Crippen LogP contribution in [-0.4, -0.2) is 5.54 Å². The first-order chi connectivity index (χ1) is 15.5. The second-order valence-corrected chi connectivity index (χ2v) is 9.76. The predicted molar refractivity (Wildman–Crippen MR) is 135 cm³/mol. The number of benzene rings is 4. The van der Waals surface area contributed by atoms with Crippen molar-refractivity contribution < 1.29 is 0 Å². The first kappa shape index (κ1) is 20.6. The molecule has 32 heavy (non-hydrogen) atoms.